The molecule has 2 aliphatic rings. The first kappa shape index (κ1) is 9.40. The Morgan fingerprint density at radius 2 is 2.33 bits per heavy atom. The van der Waals surface area contributed by atoms with E-state index in [1.54, 1.807) is 0 Å². The molecule has 1 aromatic rings. The summed E-state index contributed by atoms with van der Waals surface area (Å²) in [6, 6.07) is 2.10. The van der Waals surface area contributed by atoms with Crippen LogP contribution in [0.25, 0.3) is 0 Å². The number of aryl methyl sites for hydroxylation is 1. The minimum absolute atomic E-state index is 0.00231. The number of hydrogen-bond acceptors (Lipinski definition) is 2. The molecule has 1 aromatic heterocycles. The second-order valence-corrected chi connectivity index (χ2v) is 5.29. The van der Waals surface area contributed by atoms with Gasteiger partial charge >= 0.3 is 0 Å². The molecule has 3 heteroatoms. The molecule has 1 aliphatic heterocycles. The lowest BCUT2D eigenvalue weighted by molar-refractivity contribution is 0.250. The van der Waals surface area contributed by atoms with Crippen molar-refractivity contribution in [1.29, 1.82) is 0 Å². The molecule has 3 rings (SSSR count). The van der Waals surface area contributed by atoms with Crippen LogP contribution in [0.1, 0.15) is 32.4 Å². The van der Waals surface area contributed by atoms with Crippen molar-refractivity contribution in [3.63, 3.8) is 0 Å². The lowest BCUT2D eigenvalue weighted by Gasteiger charge is -2.26. The molecule has 82 valence electrons. The molecule has 0 unspecified atom stereocenters. The fourth-order valence-corrected chi connectivity index (χ4v) is 3.39. The summed E-state index contributed by atoms with van der Waals surface area (Å²) in [5.41, 5.74) is 1.26. The Bertz CT molecular complexity index is 387. The number of rotatable bonds is 1. The summed E-state index contributed by atoms with van der Waals surface area (Å²) in [5.74, 6) is 1.44. The van der Waals surface area contributed by atoms with E-state index in [1.807, 2.05) is 17.9 Å². The standard InChI is InChI=1S/C12H18N2O/c1-8-6-9(2)11-12(7-8,15-11)10-4-5-13-14(10)3/h4-5,8-9,11H,6-7H2,1-3H3/t8-,9+,11+,12-/m1/s1. The third-order valence-corrected chi connectivity index (χ3v) is 3.94. The molecular weight excluding hydrogens is 188 g/mol. The first-order valence-electron chi connectivity index (χ1n) is 5.80. The summed E-state index contributed by atoms with van der Waals surface area (Å²) in [6.07, 6.45) is 4.75. The minimum Gasteiger partial charge on any atom is -0.359 e. The quantitative estimate of drug-likeness (QED) is 0.659. The van der Waals surface area contributed by atoms with Crippen LogP contribution < -0.4 is 0 Å². The topological polar surface area (TPSA) is 30.4 Å². The summed E-state index contributed by atoms with van der Waals surface area (Å²) in [7, 11) is 2.01. The van der Waals surface area contributed by atoms with E-state index in [0.717, 1.165) is 12.3 Å². The molecule has 0 bridgehead atoms. The molecule has 1 aliphatic carbocycles. The normalized spacial score (nSPS) is 43.8. The van der Waals surface area contributed by atoms with Gasteiger partial charge in [0, 0.05) is 13.2 Å². The average molecular weight is 206 g/mol. The largest absolute Gasteiger partial charge is 0.359 e. The molecule has 3 nitrogen and oxygen atoms in total. The third-order valence-electron chi connectivity index (χ3n) is 3.94. The molecule has 15 heavy (non-hydrogen) atoms. The zero-order valence-corrected chi connectivity index (χ0v) is 9.60. The van der Waals surface area contributed by atoms with Crippen molar-refractivity contribution in [3.8, 4) is 0 Å². The van der Waals surface area contributed by atoms with Crippen LogP contribution in [0.15, 0.2) is 12.3 Å². The van der Waals surface area contributed by atoms with Crippen LogP contribution in [-0.4, -0.2) is 15.9 Å². The average Bonchev–Trinajstić information content (AvgIpc) is 2.73. The van der Waals surface area contributed by atoms with Gasteiger partial charge < -0.3 is 4.74 Å². The summed E-state index contributed by atoms with van der Waals surface area (Å²) in [6.45, 7) is 4.63. The predicted molar refractivity (Wildman–Crippen MR) is 57.3 cm³/mol. The van der Waals surface area contributed by atoms with E-state index in [1.165, 1.54) is 12.1 Å². The molecule has 0 spiro atoms. The third kappa shape index (κ3) is 1.19. The SMILES string of the molecule is C[C@@H]1C[C@H](C)[C@@H]2O[C@@]2(c2ccnn2C)C1. The van der Waals surface area contributed by atoms with Crippen molar-refractivity contribution in [1.82, 2.24) is 9.78 Å². The maximum Gasteiger partial charge on any atom is 0.137 e. The lowest BCUT2D eigenvalue weighted by Crippen LogP contribution is -2.29. The van der Waals surface area contributed by atoms with Crippen molar-refractivity contribution in [2.45, 2.75) is 38.4 Å². The van der Waals surface area contributed by atoms with Crippen molar-refractivity contribution < 1.29 is 4.74 Å². The van der Waals surface area contributed by atoms with Gasteiger partial charge in [-0.05, 0) is 30.7 Å². The van der Waals surface area contributed by atoms with Gasteiger partial charge in [-0.3, -0.25) is 4.68 Å². The van der Waals surface area contributed by atoms with Crippen LogP contribution in [0.2, 0.25) is 0 Å². The lowest BCUT2D eigenvalue weighted by atomic mass is 9.75. The molecule has 0 N–H and O–H groups in total. The fourth-order valence-electron chi connectivity index (χ4n) is 3.39. The Kier molecular flexibility index (Phi) is 1.78. The highest BCUT2D eigenvalue weighted by molar-refractivity contribution is 5.24. The summed E-state index contributed by atoms with van der Waals surface area (Å²) in [4.78, 5) is 0. The zero-order chi connectivity index (χ0) is 10.6. The van der Waals surface area contributed by atoms with E-state index in [2.05, 4.69) is 25.0 Å². The van der Waals surface area contributed by atoms with Crippen LogP contribution in [0.5, 0.6) is 0 Å². The van der Waals surface area contributed by atoms with Crippen molar-refractivity contribution >= 4 is 0 Å². The van der Waals surface area contributed by atoms with E-state index < -0.39 is 0 Å². The molecule has 1 saturated carbocycles. The number of epoxide rings is 1. The van der Waals surface area contributed by atoms with Crippen molar-refractivity contribution in [2.24, 2.45) is 18.9 Å². The van der Waals surface area contributed by atoms with E-state index >= 15 is 0 Å². The van der Waals surface area contributed by atoms with Gasteiger partial charge in [0.15, 0.2) is 0 Å². The van der Waals surface area contributed by atoms with Crippen LogP contribution in [0, 0.1) is 11.8 Å². The number of nitrogens with zero attached hydrogens (tertiary/aromatic N) is 2. The minimum atomic E-state index is 0.00231. The first-order valence-corrected chi connectivity index (χ1v) is 5.80. The molecule has 0 amide bonds. The molecular formula is C12H18N2O. The molecule has 1 saturated heterocycles. The Morgan fingerprint density at radius 1 is 1.53 bits per heavy atom. The number of aromatic nitrogens is 2. The van der Waals surface area contributed by atoms with Gasteiger partial charge in [0.2, 0.25) is 0 Å². The van der Waals surface area contributed by atoms with E-state index in [9.17, 15) is 0 Å². The van der Waals surface area contributed by atoms with Gasteiger partial charge in [-0.2, -0.15) is 5.10 Å². The van der Waals surface area contributed by atoms with Crippen LogP contribution in [-0.2, 0) is 17.4 Å². The Hall–Kier alpha value is -0.830. The Balaban J connectivity index is 1.97. The highest BCUT2D eigenvalue weighted by Crippen LogP contribution is 2.58. The second-order valence-electron chi connectivity index (χ2n) is 5.29. The van der Waals surface area contributed by atoms with Crippen LogP contribution in [0.4, 0.5) is 0 Å². The maximum atomic E-state index is 6.01. The van der Waals surface area contributed by atoms with E-state index in [4.69, 9.17) is 4.74 Å². The predicted octanol–water partition coefficient (Wildman–Crippen LogP) is 2.08. The van der Waals surface area contributed by atoms with Crippen molar-refractivity contribution in [2.75, 3.05) is 0 Å². The van der Waals surface area contributed by atoms with Gasteiger partial charge in [0.05, 0.1) is 11.8 Å². The van der Waals surface area contributed by atoms with Crippen molar-refractivity contribution in [3.05, 3.63) is 18.0 Å². The van der Waals surface area contributed by atoms with Gasteiger partial charge in [-0.1, -0.05) is 13.8 Å². The zero-order valence-electron chi connectivity index (χ0n) is 9.60. The van der Waals surface area contributed by atoms with Crippen LogP contribution in [0.3, 0.4) is 0 Å². The van der Waals surface area contributed by atoms with Gasteiger partial charge in [0.25, 0.3) is 0 Å². The fraction of sp³-hybridized carbons (Fsp3) is 0.750. The highest BCUT2D eigenvalue weighted by atomic mass is 16.6. The van der Waals surface area contributed by atoms with Gasteiger partial charge in [0.1, 0.15) is 5.60 Å². The molecule has 2 heterocycles. The number of fused-ring (bicyclic) bond motifs is 1. The summed E-state index contributed by atoms with van der Waals surface area (Å²) < 4.78 is 7.98. The van der Waals surface area contributed by atoms with E-state index in [0.29, 0.717) is 12.0 Å². The van der Waals surface area contributed by atoms with E-state index in [-0.39, 0.29) is 5.60 Å². The first-order chi connectivity index (χ1) is 7.13. The Labute approximate surface area is 90.4 Å². The smallest absolute Gasteiger partial charge is 0.137 e. The number of ether oxygens (including phenoxy) is 1. The maximum absolute atomic E-state index is 6.01. The molecule has 4 atom stereocenters. The molecule has 0 aromatic carbocycles. The molecule has 0 radical (unpaired) electrons. The monoisotopic (exact) mass is 206 g/mol. The Morgan fingerprint density at radius 3 is 3.00 bits per heavy atom. The van der Waals surface area contributed by atoms with Gasteiger partial charge in [-0.15, -0.1) is 0 Å². The van der Waals surface area contributed by atoms with Gasteiger partial charge in [-0.25, -0.2) is 0 Å². The highest BCUT2D eigenvalue weighted by Gasteiger charge is 2.63. The summed E-state index contributed by atoms with van der Waals surface area (Å²) in [5, 5.41) is 4.25. The second kappa shape index (κ2) is 2.85. The number of hydrogen-bond donors (Lipinski definition) is 0. The molecule has 2 fully saturated rings. The van der Waals surface area contributed by atoms with Crippen LogP contribution >= 0.6 is 0 Å². The summed E-state index contributed by atoms with van der Waals surface area (Å²) >= 11 is 0.